The van der Waals surface area contributed by atoms with Gasteiger partial charge in [-0.15, -0.1) is 8.42 Å². The highest BCUT2D eigenvalue weighted by Crippen LogP contribution is 2.69. The predicted molar refractivity (Wildman–Crippen MR) is 114 cm³/mol. The Labute approximate surface area is 184 Å². The van der Waals surface area contributed by atoms with Crippen molar-refractivity contribution >= 4 is 43.6 Å². The van der Waals surface area contributed by atoms with E-state index in [0.29, 0.717) is 14.9 Å². The van der Waals surface area contributed by atoms with Crippen LogP contribution in [0.2, 0.25) is 10.0 Å². The second-order valence-electron chi connectivity index (χ2n) is 6.30. The minimum atomic E-state index is -5.83. The molecule has 0 saturated carbocycles. The van der Waals surface area contributed by atoms with Crippen LogP contribution in [0.4, 0.5) is 13.2 Å². The highest BCUT2D eigenvalue weighted by Gasteiger charge is 2.57. The Balaban J connectivity index is 2.40. The molecule has 0 amide bonds. The lowest BCUT2D eigenvalue weighted by Gasteiger charge is -2.35. The van der Waals surface area contributed by atoms with Crippen molar-refractivity contribution < 1.29 is 25.2 Å². The Morgan fingerprint density at radius 2 is 1.03 bits per heavy atom. The third-order valence-corrected chi connectivity index (χ3v) is 9.81. The van der Waals surface area contributed by atoms with Gasteiger partial charge in [-0.05, 0) is 67.6 Å². The Bertz CT molecular complexity index is 1020. The van der Waals surface area contributed by atoms with E-state index >= 15 is 0 Å². The zero-order chi connectivity index (χ0) is 22.2. The largest absolute Gasteiger partial charge is 0.572 e. The smallest absolute Gasteiger partial charge is 0.255 e. The van der Waals surface area contributed by atoms with E-state index in [9.17, 15) is 21.6 Å². The van der Waals surface area contributed by atoms with E-state index in [4.69, 9.17) is 23.2 Å². The highest BCUT2D eigenvalue weighted by molar-refractivity contribution is 8.32. The summed E-state index contributed by atoms with van der Waals surface area (Å²) in [5.41, 5.74) is -4.69. The molecule has 0 aliphatic rings. The van der Waals surface area contributed by atoms with E-state index in [1.54, 1.807) is 24.3 Å². The van der Waals surface area contributed by atoms with Crippen molar-refractivity contribution in [3.8, 4) is 0 Å². The number of hydrogen-bond acceptors (Lipinski definition) is 2. The molecule has 1 N–H and O–H groups in total. The summed E-state index contributed by atoms with van der Waals surface area (Å²) in [6.45, 7) is 1.81. The lowest BCUT2D eigenvalue weighted by molar-refractivity contribution is -0.0540. The first-order valence-corrected chi connectivity index (χ1v) is 12.2. The second kappa shape index (κ2) is 8.43. The summed E-state index contributed by atoms with van der Waals surface area (Å²) < 4.78 is 68.3. The van der Waals surface area contributed by atoms with Crippen LogP contribution in [0.15, 0.2) is 87.5 Å². The van der Waals surface area contributed by atoms with E-state index in [2.05, 4.69) is 3.63 Å². The lowest BCUT2D eigenvalue weighted by Crippen LogP contribution is -2.30. The first kappa shape index (κ1) is 23.0. The Kier molecular flexibility index (Phi) is 6.46. The molecule has 0 atom stereocenters. The third kappa shape index (κ3) is 4.48. The Morgan fingerprint density at radius 3 is 1.37 bits per heavy atom. The molecule has 0 saturated heterocycles. The average molecular weight is 496 g/mol. The fourth-order valence-electron chi connectivity index (χ4n) is 2.73. The average Bonchev–Trinajstić information content (AvgIpc) is 2.67. The van der Waals surface area contributed by atoms with Crippen molar-refractivity contribution in [1.29, 1.82) is 0 Å². The summed E-state index contributed by atoms with van der Waals surface area (Å²) in [6.07, 6.45) is 0. The molecule has 0 radical (unpaired) electrons. The number of rotatable bonds is 5. The van der Waals surface area contributed by atoms with Gasteiger partial charge in [-0.2, -0.15) is 13.2 Å². The molecule has 0 aliphatic carbocycles. The van der Waals surface area contributed by atoms with E-state index in [0.717, 1.165) is 5.56 Å². The summed E-state index contributed by atoms with van der Waals surface area (Å²) in [6, 6.07) is 18.4. The molecule has 0 aromatic heterocycles. The summed E-state index contributed by atoms with van der Waals surface area (Å²) in [7, 11) is -9.06. The van der Waals surface area contributed by atoms with E-state index in [1.807, 2.05) is 6.92 Å². The SMILES string of the molecule is Cc1ccc(S([OH+]S(=O)(=O)C(F)(F)F)(c2ccc(Cl)cc2)c2ccc(Cl)cc2)cc1. The fraction of sp³-hybridized carbons (Fsp3) is 0.100. The van der Waals surface area contributed by atoms with Crippen LogP contribution < -0.4 is 0 Å². The van der Waals surface area contributed by atoms with E-state index < -0.39 is 25.9 Å². The zero-order valence-electron chi connectivity index (χ0n) is 15.4. The van der Waals surface area contributed by atoms with Gasteiger partial charge < -0.3 is 0 Å². The summed E-state index contributed by atoms with van der Waals surface area (Å²) in [4.78, 5) is 0.891. The van der Waals surface area contributed by atoms with Gasteiger partial charge in [0, 0.05) is 10.0 Å². The van der Waals surface area contributed by atoms with Gasteiger partial charge in [-0.25, -0.2) is 0 Å². The lowest BCUT2D eigenvalue weighted by atomic mass is 10.2. The Hall–Kier alpha value is -1.71. The molecule has 3 aromatic carbocycles. The van der Waals surface area contributed by atoms with Crippen molar-refractivity contribution in [1.82, 2.24) is 0 Å². The molecule has 0 unspecified atom stereocenters. The maximum absolute atomic E-state index is 13.4. The number of alkyl halides is 3. The first-order chi connectivity index (χ1) is 14.0. The second-order valence-corrected chi connectivity index (χ2v) is 11.8. The monoisotopic (exact) mass is 495 g/mol. The van der Waals surface area contributed by atoms with Crippen LogP contribution >= 0.6 is 33.5 Å². The van der Waals surface area contributed by atoms with Crippen molar-refractivity contribution in [3.63, 3.8) is 0 Å². The first-order valence-electron chi connectivity index (χ1n) is 8.42. The van der Waals surface area contributed by atoms with Gasteiger partial charge in [0.1, 0.15) is 0 Å². The fourth-order valence-corrected chi connectivity index (χ4v) is 7.93. The van der Waals surface area contributed by atoms with Crippen LogP contribution in [0.25, 0.3) is 0 Å². The zero-order valence-corrected chi connectivity index (χ0v) is 18.5. The van der Waals surface area contributed by atoms with Gasteiger partial charge in [0.15, 0.2) is 0 Å². The Morgan fingerprint density at radius 1 is 0.700 bits per heavy atom. The summed E-state index contributed by atoms with van der Waals surface area (Å²) in [5, 5.41) is 0.705. The van der Waals surface area contributed by atoms with Crippen molar-refractivity contribution in [2.45, 2.75) is 27.1 Å². The molecule has 0 fully saturated rings. The molecule has 0 aliphatic heterocycles. The van der Waals surface area contributed by atoms with Gasteiger partial charge in [-0.3, -0.25) is 3.63 Å². The van der Waals surface area contributed by atoms with Gasteiger partial charge in [0.2, 0.25) is 0 Å². The highest BCUT2D eigenvalue weighted by atomic mass is 35.5. The van der Waals surface area contributed by atoms with Crippen molar-refractivity contribution in [2.75, 3.05) is 0 Å². The quantitative estimate of drug-likeness (QED) is 0.209. The predicted octanol–water partition coefficient (Wildman–Crippen LogP) is 7.44. The maximum atomic E-state index is 13.4. The third-order valence-electron chi connectivity index (χ3n) is 4.17. The molecule has 3 nitrogen and oxygen atoms in total. The van der Waals surface area contributed by atoms with Crippen LogP contribution in [0, 0.1) is 6.92 Å². The molecule has 160 valence electrons. The molecule has 0 spiro atoms. The molecule has 0 bridgehead atoms. The van der Waals surface area contributed by atoms with Crippen molar-refractivity contribution in [2.24, 2.45) is 0 Å². The molecule has 30 heavy (non-hydrogen) atoms. The van der Waals surface area contributed by atoms with E-state index in [-0.39, 0.29) is 9.79 Å². The maximum Gasteiger partial charge on any atom is 0.572 e. The van der Waals surface area contributed by atoms with Crippen LogP contribution in [0.3, 0.4) is 0 Å². The number of hydrogen-bond donors (Lipinski definition) is 0. The molecular formula is C20H16Cl2F3O3S2+. The van der Waals surface area contributed by atoms with Gasteiger partial charge in [0.05, 0.1) is 25.0 Å². The number of aryl methyl sites for hydroxylation is 1. The van der Waals surface area contributed by atoms with Crippen LogP contribution in [-0.4, -0.2) is 17.6 Å². The molecule has 0 heterocycles. The van der Waals surface area contributed by atoms with E-state index in [1.165, 1.54) is 48.5 Å². The van der Waals surface area contributed by atoms with Gasteiger partial charge >= 0.3 is 15.6 Å². The molecule has 10 heteroatoms. The molecule has 3 aromatic rings. The number of benzene rings is 3. The van der Waals surface area contributed by atoms with Crippen LogP contribution in [0.5, 0.6) is 0 Å². The molecular weight excluding hydrogens is 480 g/mol. The summed E-state index contributed by atoms with van der Waals surface area (Å²) >= 11 is 11.9. The normalized spacial score (nSPS) is 13.3. The van der Waals surface area contributed by atoms with Gasteiger partial charge in [0.25, 0.3) is 0 Å². The standard InChI is InChI=1S/C20H15Cl2F3O3S2/c1-14-2-8-17(9-3-14)29(18-10-4-15(21)5-11-18,19-12-6-16(22)7-13-19)28-30(26,27)20(23,24)25/h2-13H,1H3/p+1. The van der Waals surface area contributed by atoms with Crippen molar-refractivity contribution in [3.05, 3.63) is 88.4 Å². The minimum absolute atomic E-state index is 0.283. The topological polar surface area (TPSA) is 46.9 Å². The number of halogens is 5. The molecule has 3 rings (SSSR count). The summed E-state index contributed by atoms with van der Waals surface area (Å²) in [5.74, 6) is 0. The van der Waals surface area contributed by atoms with Gasteiger partial charge in [-0.1, -0.05) is 40.9 Å². The van der Waals surface area contributed by atoms with Crippen LogP contribution in [0.1, 0.15) is 5.56 Å². The minimum Gasteiger partial charge on any atom is -0.255 e. The van der Waals surface area contributed by atoms with Crippen LogP contribution in [-0.2, 0) is 10.1 Å².